The van der Waals surface area contributed by atoms with E-state index in [1.165, 1.54) is 11.3 Å². The lowest BCUT2D eigenvalue weighted by Crippen LogP contribution is -2.21. The first kappa shape index (κ1) is 17.3. The molecule has 130 valence electrons. The molecule has 1 aromatic carbocycles. The van der Waals surface area contributed by atoms with Gasteiger partial charge in [-0.25, -0.2) is 9.97 Å². The predicted octanol–water partition coefficient (Wildman–Crippen LogP) is 3.14. The number of nitrogens with zero attached hydrogens (tertiary/aromatic N) is 3. The number of benzene rings is 1. The number of aryl methyl sites for hydroxylation is 3. The lowest BCUT2D eigenvalue weighted by atomic mass is 10.2. The normalized spacial score (nSPS) is 11.0. The molecule has 2 aromatic heterocycles. The molecule has 0 fully saturated rings. The quantitative estimate of drug-likeness (QED) is 0.736. The number of para-hydroxylation sites is 1. The first-order valence-corrected chi connectivity index (χ1v) is 9.10. The molecule has 0 aliphatic rings. The average Bonchev–Trinajstić information content (AvgIpc) is 2.96. The van der Waals surface area contributed by atoms with E-state index in [1.54, 1.807) is 17.0 Å². The second kappa shape index (κ2) is 7.57. The highest BCUT2D eigenvalue weighted by Gasteiger charge is 2.10. The zero-order chi connectivity index (χ0) is 17.8. The number of carbonyl (C=O) groups is 1. The lowest BCUT2D eigenvalue weighted by molar-refractivity contribution is -0.116. The minimum Gasteiger partial charge on any atom is -0.302 e. The van der Waals surface area contributed by atoms with Gasteiger partial charge in [-0.15, -0.1) is 11.3 Å². The van der Waals surface area contributed by atoms with Crippen molar-refractivity contribution in [1.82, 2.24) is 14.5 Å². The molecule has 0 saturated heterocycles. The van der Waals surface area contributed by atoms with Gasteiger partial charge in [0.1, 0.15) is 0 Å². The van der Waals surface area contributed by atoms with Crippen molar-refractivity contribution in [3.63, 3.8) is 0 Å². The second-order valence-electron chi connectivity index (χ2n) is 5.79. The van der Waals surface area contributed by atoms with Gasteiger partial charge in [0.2, 0.25) is 5.91 Å². The van der Waals surface area contributed by atoms with E-state index in [2.05, 4.69) is 15.3 Å². The molecule has 0 aliphatic carbocycles. The van der Waals surface area contributed by atoms with Gasteiger partial charge in [-0.2, -0.15) is 0 Å². The topological polar surface area (TPSA) is 76.9 Å². The van der Waals surface area contributed by atoms with Crippen LogP contribution in [0.25, 0.3) is 10.9 Å². The minimum absolute atomic E-state index is 0.0749. The van der Waals surface area contributed by atoms with Crippen LogP contribution in [0.3, 0.4) is 0 Å². The molecule has 25 heavy (non-hydrogen) atoms. The Bertz CT molecular complexity index is 961. The fraction of sp³-hybridized carbons (Fsp3) is 0.333. The molecule has 0 bridgehead atoms. The van der Waals surface area contributed by atoms with Crippen LogP contribution >= 0.6 is 11.3 Å². The number of hydrogen-bond donors (Lipinski definition) is 1. The first-order chi connectivity index (χ1) is 12.1. The maximum Gasteiger partial charge on any atom is 0.261 e. The van der Waals surface area contributed by atoms with Crippen molar-refractivity contribution in [3.05, 3.63) is 51.5 Å². The fourth-order valence-electron chi connectivity index (χ4n) is 2.67. The largest absolute Gasteiger partial charge is 0.302 e. The van der Waals surface area contributed by atoms with Crippen molar-refractivity contribution >= 4 is 33.3 Å². The highest BCUT2D eigenvalue weighted by Crippen LogP contribution is 2.22. The standard InChI is InChI=1S/C18H20N4O2S/c1-3-14-12(2)25-18(20-14)21-16(23)9-6-10-22-11-19-15-8-5-4-7-13(15)17(22)24/h4-5,7-8,11H,3,6,9-10H2,1-2H3,(H,20,21,23). The van der Waals surface area contributed by atoms with Gasteiger partial charge >= 0.3 is 0 Å². The zero-order valence-electron chi connectivity index (χ0n) is 14.3. The Labute approximate surface area is 149 Å². The molecule has 0 saturated carbocycles. The van der Waals surface area contributed by atoms with E-state index in [-0.39, 0.29) is 11.5 Å². The van der Waals surface area contributed by atoms with Crippen molar-refractivity contribution in [2.45, 2.75) is 39.7 Å². The molecule has 0 aliphatic heterocycles. The van der Waals surface area contributed by atoms with Gasteiger partial charge in [-0.1, -0.05) is 19.1 Å². The van der Waals surface area contributed by atoms with Crippen LogP contribution < -0.4 is 10.9 Å². The molecular weight excluding hydrogens is 336 g/mol. The molecule has 3 aromatic rings. The summed E-state index contributed by atoms with van der Waals surface area (Å²) in [4.78, 5) is 34.3. The Morgan fingerprint density at radius 1 is 1.32 bits per heavy atom. The smallest absolute Gasteiger partial charge is 0.261 e. The summed E-state index contributed by atoms with van der Waals surface area (Å²) < 4.78 is 1.55. The Balaban J connectivity index is 1.58. The van der Waals surface area contributed by atoms with Crippen LogP contribution in [0, 0.1) is 6.92 Å². The number of amides is 1. The summed E-state index contributed by atoms with van der Waals surface area (Å²) in [6.45, 7) is 4.51. The third-order valence-corrected chi connectivity index (χ3v) is 4.94. The summed E-state index contributed by atoms with van der Waals surface area (Å²) in [6.07, 6.45) is 3.30. The molecule has 1 amide bonds. The number of carbonyl (C=O) groups excluding carboxylic acids is 1. The lowest BCUT2D eigenvalue weighted by Gasteiger charge is -2.06. The van der Waals surface area contributed by atoms with E-state index in [0.717, 1.165) is 17.0 Å². The molecule has 0 atom stereocenters. The van der Waals surface area contributed by atoms with Crippen LogP contribution in [0.2, 0.25) is 0 Å². The molecule has 2 heterocycles. The highest BCUT2D eigenvalue weighted by atomic mass is 32.1. The average molecular weight is 356 g/mol. The van der Waals surface area contributed by atoms with Crippen molar-refractivity contribution in [1.29, 1.82) is 0 Å². The molecule has 0 radical (unpaired) electrons. The molecule has 3 rings (SSSR count). The van der Waals surface area contributed by atoms with Crippen LogP contribution in [0.4, 0.5) is 5.13 Å². The van der Waals surface area contributed by atoms with Crippen molar-refractivity contribution < 1.29 is 4.79 Å². The molecule has 6 nitrogen and oxygen atoms in total. The summed E-state index contributed by atoms with van der Waals surface area (Å²) >= 11 is 1.49. The Morgan fingerprint density at radius 3 is 2.88 bits per heavy atom. The third-order valence-electron chi connectivity index (χ3n) is 4.01. The predicted molar refractivity (Wildman–Crippen MR) is 100 cm³/mol. The molecule has 0 unspecified atom stereocenters. The summed E-state index contributed by atoms with van der Waals surface area (Å²) in [5.41, 5.74) is 1.63. The van der Waals surface area contributed by atoms with Crippen LogP contribution in [-0.2, 0) is 17.8 Å². The van der Waals surface area contributed by atoms with Gasteiger partial charge in [-0.3, -0.25) is 14.2 Å². The Hall–Kier alpha value is -2.54. The highest BCUT2D eigenvalue weighted by molar-refractivity contribution is 7.15. The maximum atomic E-state index is 12.4. The molecular formula is C18H20N4O2S. The van der Waals surface area contributed by atoms with E-state index < -0.39 is 0 Å². The number of anilines is 1. The SMILES string of the molecule is CCc1nc(NC(=O)CCCn2cnc3ccccc3c2=O)sc1C. The van der Waals surface area contributed by atoms with E-state index in [9.17, 15) is 9.59 Å². The van der Waals surface area contributed by atoms with Gasteiger partial charge < -0.3 is 5.32 Å². The maximum absolute atomic E-state index is 12.4. The summed E-state index contributed by atoms with van der Waals surface area (Å²) in [5.74, 6) is -0.0850. The fourth-order valence-corrected chi connectivity index (χ4v) is 3.59. The number of nitrogens with one attached hydrogen (secondary N) is 1. The minimum atomic E-state index is -0.0850. The van der Waals surface area contributed by atoms with E-state index >= 15 is 0 Å². The zero-order valence-corrected chi connectivity index (χ0v) is 15.1. The van der Waals surface area contributed by atoms with Crippen LogP contribution in [0.5, 0.6) is 0 Å². The molecule has 0 spiro atoms. The van der Waals surface area contributed by atoms with Gasteiger partial charge in [0.05, 0.1) is 22.9 Å². The molecule has 7 heteroatoms. The van der Waals surface area contributed by atoms with Crippen LogP contribution in [0.15, 0.2) is 35.4 Å². The number of fused-ring (bicyclic) bond motifs is 1. The number of hydrogen-bond acceptors (Lipinski definition) is 5. The number of rotatable bonds is 6. The van der Waals surface area contributed by atoms with E-state index in [0.29, 0.717) is 35.4 Å². The Morgan fingerprint density at radius 2 is 2.12 bits per heavy atom. The van der Waals surface area contributed by atoms with Crippen molar-refractivity contribution in [3.8, 4) is 0 Å². The third kappa shape index (κ3) is 3.93. The van der Waals surface area contributed by atoms with Gasteiger partial charge in [0, 0.05) is 17.8 Å². The van der Waals surface area contributed by atoms with Crippen molar-refractivity contribution in [2.24, 2.45) is 0 Å². The van der Waals surface area contributed by atoms with Crippen molar-refractivity contribution in [2.75, 3.05) is 5.32 Å². The Kier molecular flexibility index (Phi) is 5.23. The first-order valence-electron chi connectivity index (χ1n) is 8.29. The number of thiazole rings is 1. The van der Waals surface area contributed by atoms with E-state index in [1.807, 2.05) is 32.0 Å². The summed E-state index contributed by atoms with van der Waals surface area (Å²) in [7, 11) is 0. The summed E-state index contributed by atoms with van der Waals surface area (Å²) in [5, 5.41) is 4.07. The van der Waals surface area contributed by atoms with Gasteiger partial charge in [-0.05, 0) is 31.9 Å². The van der Waals surface area contributed by atoms with Crippen LogP contribution in [-0.4, -0.2) is 20.4 Å². The second-order valence-corrected chi connectivity index (χ2v) is 6.99. The number of aromatic nitrogens is 3. The monoisotopic (exact) mass is 356 g/mol. The van der Waals surface area contributed by atoms with E-state index in [4.69, 9.17) is 0 Å². The molecule has 1 N–H and O–H groups in total. The van der Waals surface area contributed by atoms with Gasteiger partial charge in [0.25, 0.3) is 5.56 Å². The van der Waals surface area contributed by atoms with Crippen LogP contribution in [0.1, 0.15) is 30.3 Å². The van der Waals surface area contributed by atoms with Gasteiger partial charge in [0.15, 0.2) is 5.13 Å². The summed E-state index contributed by atoms with van der Waals surface area (Å²) in [6, 6.07) is 7.26.